The summed E-state index contributed by atoms with van der Waals surface area (Å²) in [5.41, 5.74) is 0.150. The van der Waals surface area contributed by atoms with Crippen LogP contribution in [0.4, 0.5) is 13.2 Å². The molecule has 0 bridgehead atoms. The largest absolute Gasteiger partial charge is 0.396 e. The third kappa shape index (κ3) is 4.97. The molecule has 1 heterocycles. The van der Waals surface area contributed by atoms with E-state index in [-0.39, 0.29) is 5.56 Å². The molecular weight excluding hydrogens is 317 g/mol. The van der Waals surface area contributed by atoms with Crippen molar-refractivity contribution < 1.29 is 18.0 Å². The van der Waals surface area contributed by atoms with Gasteiger partial charge in [-0.3, -0.25) is 9.69 Å². The molecule has 0 saturated carbocycles. The van der Waals surface area contributed by atoms with Crippen LogP contribution in [-0.4, -0.2) is 54.1 Å². The van der Waals surface area contributed by atoms with Crippen molar-refractivity contribution in [3.63, 3.8) is 0 Å². The summed E-state index contributed by atoms with van der Waals surface area (Å²) in [6.07, 6.45) is -4.14. The number of carbonyl (C=O) groups excluding carboxylic acids is 1. The normalized spacial score (nSPS) is 18.5. The molecule has 1 amide bonds. The summed E-state index contributed by atoms with van der Waals surface area (Å²) < 4.78 is 40.2. The molecule has 1 saturated heterocycles. The van der Waals surface area contributed by atoms with Gasteiger partial charge in [0.1, 0.15) is 0 Å². The topological polar surface area (TPSA) is 23.6 Å². The zero-order valence-corrected chi connectivity index (χ0v) is 14.2. The van der Waals surface area contributed by atoms with E-state index >= 15 is 0 Å². The predicted molar refractivity (Wildman–Crippen MR) is 87.8 cm³/mol. The second kappa shape index (κ2) is 8.01. The molecule has 0 spiro atoms. The van der Waals surface area contributed by atoms with Gasteiger partial charge < -0.3 is 4.90 Å². The number of hydrogen-bond acceptors (Lipinski definition) is 2. The van der Waals surface area contributed by atoms with Gasteiger partial charge in [0.2, 0.25) is 5.91 Å². The van der Waals surface area contributed by atoms with Crippen LogP contribution in [0.2, 0.25) is 0 Å². The van der Waals surface area contributed by atoms with Gasteiger partial charge in [-0.2, -0.15) is 13.2 Å². The fourth-order valence-corrected chi connectivity index (χ4v) is 3.11. The highest BCUT2D eigenvalue weighted by Crippen LogP contribution is 2.37. The maximum atomic E-state index is 13.4. The molecule has 3 nitrogen and oxygen atoms in total. The van der Waals surface area contributed by atoms with Crippen LogP contribution in [0.15, 0.2) is 30.3 Å². The molecule has 0 radical (unpaired) electrons. The number of amides is 1. The zero-order valence-electron chi connectivity index (χ0n) is 14.2. The van der Waals surface area contributed by atoms with Gasteiger partial charge in [0.05, 0.1) is 5.92 Å². The summed E-state index contributed by atoms with van der Waals surface area (Å²) in [7, 11) is 0. The van der Waals surface area contributed by atoms with E-state index < -0.39 is 24.4 Å². The van der Waals surface area contributed by atoms with Crippen LogP contribution in [0.25, 0.3) is 0 Å². The van der Waals surface area contributed by atoms with E-state index in [1.54, 1.807) is 23.1 Å². The van der Waals surface area contributed by atoms with Gasteiger partial charge in [-0.1, -0.05) is 30.3 Å². The molecular formula is C18H25F3N2O. The van der Waals surface area contributed by atoms with Gasteiger partial charge in [0.25, 0.3) is 0 Å². The third-order valence-corrected chi connectivity index (χ3v) is 4.59. The molecule has 0 aliphatic carbocycles. The van der Waals surface area contributed by atoms with E-state index in [0.717, 1.165) is 13.0 Å². The Bertz CT molecular complexity index is 531. The van der Waals surface area contributed by atoms with Crippen molar-refractivity contribution in [1.82, 2.24) is 9.80 Å². The van der Waals surface area contributed by atoms with E-state index in [4.69, 9.17) is 0 Å². The summed E-state index contributed by atoms with van der Waals surface area (Å²) >= 11 is 0. The van der Waals surface area contributed by atoms with Crippen LogP contribution in [-0.2, 0) is 4.79 Å². The molecule has 1 aromatic carbocycles. The first-order valence-corrected chi connectivity index (χ1v) is 8.42. The molecule has 1 atom stereocenters. The highest BCUT2D eigenvalue weighted by Gasteiger charge is 2.42. The molecule has 1 aromatic rings. The SMILES string of the molecule is CC(C)N1CCCN(C(=O)CC(c2ccccc2)C(F)(F)F)CC1. The standard InChI is InChI=1S/C18H25F3N2O/c1-14(2)22-9-6-10-23(12-11-22)17(24)13-16(18(19,20)21)15-7-4-3-5-8-15/h3-5,7-8,14,16H,6,9-13H2,1-2H3. The third-order valence-electron chi connectivity index (χ3n) is 4.59. The monoisotopic (exact) mass is 342 g/mol. The molecule has 6 heteroatoms. The maximum Gasteiger partial charge on any atom is 0.396 e. The van der Waals surface area contributed by atoms with E-state index in [1.807, 2.05) is 0 Å². The van der Waals surface area contributed by atoms with Gasteiger partial charge in [0.15, 0.2) is 0 Å². The lowest BCUT2D eigenvalue weighted by atomic mass is 9.94. The number of halogens is 3. The summed E-state index contributed by atoms with van der Waals surface area (Å²) in [5, 5.41) is 0. The first-order chi connectivity index (χ1) is 11.3. The average molecular weight is 342 g/mol. The van der Waals surface area contributed by atoms with Gasteiger partial charge in [-0.15, -0.1) is 0 Å². The number of nitrogens with zero attached hydrogens (tertiary/aromatic N) is 2. The molecule has 1 fully saturated rings. The van der Waals surface area contributed by atoms with Crippen LogP contribution >= 0.6 is 0 Å². The minimum absolute atomic E-state index is 0.150. The highest BCUT2D eigenvalue weighted by molar-refractivity contribution is 5.77. The lowest BCUT2D eigenvalue weighted by Gasteiger charge is -2.26. The first-order valence-electron chi connectivity index (χ1n) is 8.42. The van der Waals surface area contributed by atoms with Crippen LogP contribution in [0, 0.1) is 0 Å². The van der Waals surface area contributed by atoms with Crippen molar-refractivity contribution in [2.75, 3.05) is 26.2 Å². The van der Waals surface area contributed by atoms with E-state index in [1.165, 1.54) is 12.1 Å². The number of alkyl halides is 3. The Hall–Kier alpha value is -1.56. The number of hydrogen-bond donors (Lipinski definition) is 0. The smallest absolute Gasteiger partial charge is 0.341 e. The quantitative estimate of drug-likeness (QED) is 0.834. The van der Waals surface area contributed by atoms with Crippen molar-refractivity contribution in [2.24, 2.45) is 0 Å². The van der Waals surface area contributed by atoms with Crippen LogP contribution in [0.5, 0.6) is 0 Å². The van der Waals surface area contributed by atoms with Crippen molar-refractivity contribution in [3.05, 3.63) is 35.9 Å². The molecule has 0 aromatic heterocycles. The minimum Gasteiger partial charge on any atom is -0.341 e. The van der Waals surface area contributed by atoms with E-state index in [0.29, 0.717) is 25.7 Å². The van der Waals surface area contributed by atoms with Gasteiger partial charge in [0, 0.05) is 38.6 Å². The van der Waals surface area contributed by atoms with Crippen LogP contribution < -0.4 is 0 Å². The molecule has 134 valence electrons. The zero-order chi connectivity index (χ0) is 17.7. The molecule has 1 aliphatic heterocycles. The van der Waals surface area contributed by atoms with Crippen molar-refractivity contribution in [3.8, 4) is 0 Å². The lowest BCUT2D eigenvalue weighted by Crippen LogP contribution is -2.38. The van der Waals surface area contributed by atoms with Crippen LogP contribution in [0.1, 0.15) is 38.2 Å². The first kappa shape index (κ1) is 18.8. The Labute approximate surface area is 141 Å². The average Bonchev–Trinajstić information content (AvgIpc) is 2.78. The molecule has 0 N–H and O–H groups in total. The fraction of sp³-hybridized carbons (Fsp3) is 0.611. The Morgan fingerprint density at radius 2 is 1.75 bits per heavy atom. The summed E-state index contributed by atoms with van der Waals surface area (Å²) in [6, 6.07) is 8.08. The van der Waals surface area contributed by atoms with E-state index in [9.17, 15) is 18.0 Å². The number of rotatable bonds is 4. The predicted octanol–water partition coefficient (Wildman–Crippen LogP) is 3.67. The van der Waals surface area contributed by atoms with Crippen molar-refractivity contribution in [1.29, 1.82) is 0 Å². The Morgan fingerprint density at radius 1 is 1.08 bits per heavy atom. The molecule has 1 unspecified atom stereocenters. The highest BCUT2D eigenvalue weighted by atomic mass is 19.4. The number of carbonyl (C=O) groups is 1. The minimum atomic E-state index is -4.42. The lowest BCUT2D eigenvalue weighted by molar-refractivity contribution is -0.160. The van der Waals surface area contributed by atoms with E-state index in [2.05, 4.69) is 18.7 Å². The van der Waals surface area contributed by atoms with Crippen molar-refractivity contribution >= 4 is 5.91 Å². The summed E-state index contributed by atoms with van der Waals surface area (Å²) in [6.45, 7) is 6.80. The maximum absolute atomic E-state index is 13.4. The fourth-order valence-electron chi connectivity index (χ4n) is 3.11. The van der Waals surface area contributed by atoms with Crippen molar-refractivity contribution in [2.45, 2.75) is 44.8 Å². The molecule has 2 rings (SSSR count). The second-order valence-electron chi connectivity index (χ2n) is 6.57. The summed E-state index contributed by atoms with van der Waals surface area (Å²) in [4.78, 5) is 16.3. The van der Waals surface area contributed by atoms with Gasteiger partial charge >= 0.3 is 6.18 Å². The second-order valence-corrected chi connectivity index (χ2v) is 6.57. The molecule has 1 aliphatic rings. The number of benzene rings is 1. The van der Waals surface area contributed by atoms with Gasteiger partial charge in [-0.25, -0.2) is 0 Å². The summed E-state index contributed by atoms with van der Waals surface area (Å²) in [5.74, 6) is -2.15. The Kier molecular flexibility index (Phi) is 6.27. The van der Waals surface area contributed by atoms with Gasteiger partial charge in [-0.05, 0) is 25.8 Å². The Morgan fingerprint density at radius 3 is 2.33 bits per heavy atom. The molecule has 24 heavy (non-hydrogen) atoms. The Balaban J connectivity index is 2.05. The van der Waals surface area contributed by atoms with Crippen LogP contribution in [0.3, 0.4) is 0 Å².